The number of nitrogens with two attached hydrogens (primary N) is 1. The van der Waals surface area contributed by atoms with Crippen molar-refractivity contribution in [3.63, 3.8) is 0 Å². The van der Waals surface area contributed by atoms with E-state index in [9.17, 15) is 14.4 Å². The van der Waals surface area contributed by atoms with E-state index in [-0.39, 0.29) is 42.9 Å². The number of amides is 2. The second-order valence-corrected chi connectivity index (χ2v) is 6.75. The summed E-state index contributed by atoms with van der Waals surface area (Å²) in [7, 11) is 0. The Balaban J connectivity index is 1.56. The standard InChI is InChI=1S/C21H22N4O4/c22-20(23)14-6-8-16(9-7-14)24-17(26)10-11-18(27)25-21(13-12-19(28)29-21)15-4-2-1-3-5-15/h1-9H,10-13H2,(H3,22,23)(H,24,26)(H,25,27). The van der Waals surface area contributed by atoms with Gasteiger partial charge in [-0.2, -0.15) is 0 Å². The van der Waals surface area contributed by atoms with E-state index in [2.05, 4.69) is 10.6 Å². The van der Waals surface area contributed by atoms with Gasteiger partial charge in [0.25, 0.3) is 0 Å². The third-order valence-corrected chi connectivity index (χ3v) is 4.61. The largest absolute Gasteiger partial charge is 0.435 e. The van der Waals surface area contributed by atoms with Gasteiger partial charge in [0.15, 0.2) is 0 Å². The lowest BCUT2D eigenvalue weighted by Crippen LogP contribution is -2.45. The van der Waals surface area contributed by atoms with Crippen LogP contribution in [0.3, 0.4) is 0 Å². The Morgan fingerprint density at radius 2 is 1.69 bits per heavy atom. The summed E-state index contributed by atoms with van der Waals surface area (Å²) in [6.45, 7) is 0. The lowest BCUT2D eigenvalue weighted by atomic mass is 9.99. The summed E-state index contributed by atoms with van der Waals surface area (Å²) in [5, 5.41) is 12.8. The molecule has 0 aromatic heterocycles. The minimum Gasteiger partial charge on any atom is -0.435 e. The molecule has 0 saturated carbocycles. The van der Waals surface area contributed by atoms with Crippen LogP contribution in [0.15, 0.2) is 54.6 Å². The molecule has 2 aromatic rings. The van der Waals surface area contributed by atoms with Crippen LogP contribution in [-0.4, -0.2) is 23.6 Å². The molecule has 1 fully saturated rings. The first-order chi connectivity index (χ1) is 13.9. The lowest BCUT2D eigenvalue weighted by Gasteiger charge is -2.29. The molecule has 29 heavy (non-hydrogen) atoms. The minimum atomic E-state index is -1.19. The molecule has 2 amide bonds. The van der Waals surface area contributed by atoms with E-state index in [1.165, 1.54) is 0 Å². The van der Waals surface area contributed by atoms with Crippen molar-refractivity contribution < 1.29 is 19.1 Å². The molecule has 1 saturated heterocycles. The number of anilines is 1. The fraction of sp³-hybridized carbons (Fsp3) is 0.238. The Labute approximate surface area is 167 Å². The second-order valence-electron chi connectivity index (χ2n) is 6.75. The van der Waals surface area contributed by atoms with Crippen molar-refractivity contribution in [2.45, 2.75) is 31.4 Å². The molecule has 8 heteroatoms. The summed E-state index contributed by atoms with van der Waals surface area (Å²) in [4.78, 5) is 36.3. The molecular weight excluding hydrogens is 372 g/mol. The number of rotatable bonds is 7. The highest BCUT2D eigenvalue weighted by Crippen LogP contribution is 2.34. The molecule has 5 N–H and O–H groups in total. The zero-order valence-electron chi connectivity index (χ0n) is 15.7. The van der Waals surface area contributed by atoms with Gasteiger partial charge in [0.05, 0.1) is 6.42 Å². The number of amidine groups is 1. The molecule has 1 atom stereocenters. The SMILES string of the molecule is N=C(N)c1ccc(NC(=O)CCC(=O)NC2(c3ccccc3)CCC(=O)O2)cc1. The number of hydrogen-bond donors (Lipinski definition) is 4. The van der Waals surface area contributed by atoms with Crippen LogP contribution in [0, 0.1) is 5.41 Å². The fourth-order valence-corrected chi connectivity index (χ4v) is 3.12. The number of cyclic esters (lactones) is 1. The fourth-order valence-electron chi connectivity index (χ4n) is 3.12. The number of benzene rings is 2. The quantitative estimate of drug-likeness (QED) is 0.324. The van der Waals surface area contributed by atoms with Crippen LogP contribution < -0.4 is 16.4 Å². The first-order valence-electron chi connectivity index (χ1n) is 9.21. The van der Waals surface area contributed by atoms with E-state index < -0.39 is 5.72 Å². The van der Waals surface area contributed by atoms with E-state index >= 15 is 0 Å². The second kappa shape index (κ2) is 8.55. The smallest absolute Gasteiger partial charge is 0.308 e. The molecule has 150 valence electrons. The van der Waals surface area contributed by atoms with Gasteiger partial charge in [0, 0.05) is 36.1 Å². The maximum Gasteiger partial charge on any atom is 0.308 e. The molecule has 8 nitrogen and oxygen atoms in total. The average molecular weight is 394 g/mol. The van der Waals surface area contributed by atoms with E-state index in [0.29, 0.717) is 23.2 Å². The molecule has 2 aromatic carbocycles. The van der Waals surface area contributed by atoms with Gasteiger partial charge in [-0.1, -0.05) is 30.3 Å². The highest BCUT2D eigenvalue weighted by Gasteiger charge is 2.43. The van der Waals surface area contributed by atoms with Crippen molar-refractivity contribution in [2.75, 3.05) is 5.32 Å². The van der Waals surface area contributed by atoms with Gasteiger partial charge in [0.2, 0.25) is 17.5 Å². The van der Waals surface area contributed by atoms with Crippen molar-refractivity contribution >= 4 is 29.3 Å². The Bertz CT molecular complexity index is 927. The minimum absolute atomic E-state index is 0.0287. The van der Waals surface area contributed by atoms with Gasteiger partial charge < -0.3 is 21.1 Å². The normalized spacial score (nSPS) is 18.0. The predicted molar refractivity (Wildman–Crippen MR) is 107 cm³/mol. The molecular formula is C21H22N4O4. The van der Waals surface area contributed by atoms with Crippen LogP contribution in [-0.2, 0) is 24.8 Å². The van der Waals surface area contributed by atoms with Crippen LogP contribution in [0.25, 0.3) is 0 Å². The zero-order chi connectivity index (χ0) is 20.9. The topological polar surface area (TPSA) is 134 Å². The summed E-state index contributed by atoms with van der Waals surface area (Å²) in [5.41, 5.74) is 6.00. The van der Waals surface area contributed by atoms with Crippen LogP contribution in [0.1, 0.15) is 36.8 Å². The van der Waals surface area contributed by atoms with Crippen LogP contribution in [0.2, 0.25) is 0 Å². The van der Waals surface area contributed by atoms with Gasteiger partial charge >= 0.3 is 5.97 Å². The Morgan fingerprint density at radius 3 is 2.28 bits per heavy atom. The Morgan fingerprint density at radius 1 is 1.03 bits per heavy atom. The zero-order valence-corrected chi connectivity index (χ0v) is 15.7. The number of ether oxygens (including phenoxy) is 1. The lowest BCUT2D eigenvalue weighted by molar-refractivity contribution is -0.155. The third kappa shape index (κ3) is 4.98. The molecule has 0 radical (unpaired) electrons. The number of nitrogens with one attached hydrogen (secondary N) is 3. The number of carbonyl (C=O) groups excluding carboxylic acids is 3. The monoisotopic (exact) mass is 394 g/mol. The summed E-state index contributed by atoms with van der Waals surface area (Å²) in [6.07, 6.45) is 0.477. The highest BCUT2D eigenvalue weighted by atomic mass is 16.6. The van der Waals surface area contributed by atoms with Gasteiger partial charge in [0.1, 0.15) is 5.84 Å². The van der Waals surface area contributed by atoms with Crippen molar-refractivity contribution in [1.82, 2.24) is 5.32 Å². The van der Waals surface area contributed by atoms with Gasteiger partial charge in [-0.25, -0.2) is 0 Å². The van der Waals surface area contributed by atoms with Gasteiger partial charge in [-0.15, -0.1) is 0 Å². The molecule has 1 heterocycles. The molecule has 0 aliphatic carbocycles. The van der Waals surface area contributed by atoms with E-state index in [4.69, 9.17) is 15.9 Å². The van der Waals surface area contributed by atoms with Gasteiger partial charge in [-0.05, 0) is 24.3 Å². The molecule has 1 aliphatic rings. The van der Waals surface area contributed by atoms with Crippen LogP contribution in [0.4, 0.5) is 5.69 Å². The average Bonchev–Trinajstić information content (AvgIpc) is 3.09. The van der Waals surface area contributed by atoms with E-state index in [1.54, 1.807) is 48.5 Å². The molecule has 0 spiro atoms. The summed E-state index contributed by atoms with van der Waals surface area (Å²) < 4.78 is 5.44. The summed E-state index contributed by atoms with van der Waals surface area (Å²) in [5.74, 6) is -1.14. The van der Waals surface area contributed by atoms with Crippen molar-refractivity contribution in [1.29, 1.82) is 5.41 Å². The predicted octanol–water partition coefficient (Wildman–Crippen LogP) is 2.00. The van der Waals surface area contributed by atoms with Crippen molar-refractivity contribution in [3.8, 4) is 0 Å². The summed E-state index contributed by atoms with van der Waals surface area (Å²) in [6, 6.07) is 15.6. The molecule has 0 bridgehead atoms. The van der Waals surface area contributed by atoms with E-state index in [1.807, 2.05) is 6.07 Å². The maximum absolute atomic E-state index is 12.4. The number of carbonyl (C=O) groups is 3. The number of esters is 1. The Kier molecular flexibility index (Phi) is 5.92. The number of hydrogen-bond acceptors (Lipinski definition) is 5. The third-order valence-electron chi connectivity index (χ3n) is 4.61. The van der Waals surface area contributed by atoms with Crippen molar-refractivity contribution in [3.05, 3.63) is 65.7 Å². The summed E-state index contributed by atoms with van der Waals surface area (Å²) >= 11 is 0. The number of nitrogen functional groups attached to an aromatic ring is 1. The molecule has 3 rings (SSSR count). The first kappa shape index (κ1) is 20.1. The van der Waals surface area contributed by atoms with Crippen LogP contribution in [0.5, 0.6) is 0 Å². The maximum atomic E-state index is 12.4. The molecule has 1 unspecified atom stereocenters. The van der Waals surface area contributed by atoms with E-state index in [0.717, 1.165) is 0 Å². The van der Waals surface area contributed by atoms with Crippen molar-refractivity contribution in [2.24, 2.45) is 5.73 Å². The van der Waals surface area contributed by atoms with Crippen LogP contribution >= 0.6 is 0 Å². The Hall–Kier alpha value is -3.68. The molecule has 1 aliphatic heterocycles. The highest BCUT2D eigenvalue weighted by molar-refractivity contribution is 5.96. The van der Waals surface area contributed by atoms with Gasteiger partial charge in [-0.3, -0.25) is 19.8 Å². The first-order valence-corrected chi connectivity index (χ1v) is 9.21.